The average molecular weight is 335 g/mol. The lowest BCUT2D eigenvalue weighted by Gasteiger charge is -2.07. The first-order valence-corrected chi connectivity index (χ1v) is 8.26. The molecule has 1 amide bonds. The molecule has 0 aliphatic carbocycles. The van der Waals surface area contributed by atoms with Crippen LogP contribution in [0.1, 0.15) is 27.2 Å². The van der Waals surface area contributed by atoms with Gasteiger partial charge < -0.3 is 10.4 Å². The number of benzene rings is 2. The lowest BCUT2D eigenvalue weighted by atomic mass is 10.1. The van der Waals surface area contributed by atoms with Gasteiger partial charge >= 0.3 is 0 Å². The predicted molar refractivity (Wildman–Crippen MR) is 96.7 cm³/mol. The topological polar surface area (TPSA) is 67.2 Å². The van der Waals surface area contributed by atoms with Crippen LogP contribution < -0.4 is 5.32 Å². The number of aromatic nitrogens is 2. The summed E-state index contributed by atoms with van der Waals surface area (Å²) in [4.78, 5) is 12.4. The van der Waals surface area contributed by atoms with Crippen molar-refractivity contribution in [3.63, 3.8) is 0 Å². The van der Waals surface area contributed by atoms with Crippen LogP contribution in [-0.2, 0) is 13.0 Å². The first kappa shape index (κ1) is 16.9. The van der Waals surface area contributed by atoms with Gasteiger partial charge in [-0.3, -0.25) is 4.79 Å². The lowest BCUT2D eigenvalue weighted by Crippen LogP contribution is -2.26. The molecular formula is C20H21N3O2. The fourth-order valence-corrected chi connectivity index (χ4v) is 2.69. The number of para-hydroxylation sites is 1. The highest BCUT2D eigenvalue weighted by atomic mass is 16.3. The second kappa shape index (κ2) is 7.77. The van der Waals surface area contributed by atoms with E-state index in [0.717, 1.165) is 28.9 Å². The maximum atomic E-state index is 12.4. The number of aliphatic hydroxyl groups is 1. The molecular weight excluding hydrogens is 314 g/mol. The Morgan fingerprint density at radius 2 is 1.76 bits per heavy atom. The van der Waals surface area contributed by atoms with Crippen molar-refractivity contribution in [2.24, 2.45) is 0 Å². The Hall–Kier alpha value is -2.92. The Labute approximate surface area is 146 Å². The molecule has 1 heterocycles. The molecule has 0 bridgehead atoms. The van der Waals surface area contributed by atoms with Crippen molar-refractivity contribution in [3.05, 3.63) is 83.2 Å². The summed E-state index contributed by atoms with van der Waals surface area (Å²) >= 11 is 0. The zero-order valence-electron chi connectivity index (χ0n) is 14.1. The molecule has 3 rings (SSSR count). The summed E-state index contributed by atoms with van der Waals surface area (Å²) in [6.07, 6.45) is 2.34. The SMILES string of the molecule is Cc1c(C(=O)NCCc2ccc(CO)cc2)cnn1-c1ccccc1. The number of carbonyl (C=O) groups excluding carboxylic acids is 1. The molecule has 0 radical (unpaired) electrons. The summed E-state index contributed by atoms with van der Waals surface area (Å²) in [6.45, 7) is 2.48. The Balaban J connectivity index is 1.61. The van der Waals surface area contributed by atoms with Crippen molar-refractivity contribution in [3.8, 4) is 5.69 Å². The van der Waals surface area contributed by atoms with E-state index in [-0.39, 0.29) is 12.5 Å². The summed E-state index contributed by atoms with van der Waals surface area (Å²) in [7, 11) is 0. The third kappa shape index (κ3) is 3.95. The molecule has 2 aromatic carbocycles. The van der Waals surface area contributed by atoms with Gasteiger partial charge in [0.15, 0.2) is 0 Å². The monoisotopic (exact) mass is 335 g/mol. The summed E-state index contributed by atoms with van der Waals surface area (Å²) in [5.41, 5.74) is 4.34. The van der Waals surface area contributed by atoms with Crippen LogP contribution in [0.2, 0.25) is 0 Å². The standard InChI is InChI=1S/C20H21N3O2/c1-15-19(13-22-23(15)18-5-3-2-4-6-18)20(25)21-12-11-16-7-9-17(14-24)10-8-16/h2-10,13,24H,11-12,14H2,1H3,(H,21,25). The van der Waals surface area contributed by atoms with Crippen LogP contribution in [0.25, 0.3) is 5.69 Å². The summed E-state index contributed by atoms with van der Waals surface area (Å²) in [5.74, 6) is -0.119. The van der Waals surface area contributed by atoms with E-state index < -0.39 is 0 Å². The van der Waals surface area contributed by atoms with Crippen molar-refractivity contribution >= 4 is 5.91 Å². The van der Waals surface area contributed by atoms with E-state index >= 15 is 0 Å². The van der Waals surface area contributed by atoms with Crippen LogP contribution in [0.5, 0.6) is 0 Å². The molecule has 0 saturated carbocycles. The van der Waals surface area contributed by atoms with E-state index in [0.29, 0.717) is 12.1 Å². The quantitative estimate of drug-likeness (QED) is 0.728. The summed E-state index contributed by atoms with van der Waals surface area (Å²) < 4.78 is 1.77. The van der Waals surface area contributed by atoms with Gasteiger partial charge in [0, 0.05) is 6.54 Å². The Bertz CT molecular complexity index is 839. The number of nitrogens with zero attached hydrogens (tertiary/aromatic N) is 2. The second-order valence-corrected chi connectivity index (χ2v) is 5.87. The van der Waals surface area contributed by atoms with E-state index in [2.05, 4.69) is 10.4 Å². The fraction of sp³-hybridized carbons (Fsp3) is 0.200. The molecule has 2 N–H and O–H groups in total. The molecule has 0 atom stereocenters. The molecule has 0 spiro atoms. The third-order valence-corrected chi connectivity index (χ3v) is 4.16. The summed E-state index contributed by atoms with van der Waals surface area (Å²) in [6, 6.07) is 17.5. The molecule has 0 aliphatic rings. The van der Waals surface area contributed by atoms with Gasteiger partial charge in [0.25, 0.3) is 5.91 Å². The van der Waals surface area contributed by atoms with Crippen molar-refractivity contribution < 1.29 is 9.90 Å². The molecule has 3 aromatic rings. The number of carbonyl (C=O) groups is 1. The molecule has 1 aromatic heterocycles. The number of hydrogen-bond acceptors (Lipinski definition) is 3. The lowest BCUT2D eigenvalue weighted by molar-refractivity contribution is 0.0953. The first-order valence-electron chi connectivity index (χ1n) is 8.26. The molecule has 0 aliphatic heterocycles. The molecule has 5 heteroatoms. The number of amides is 1. The molecule has 25 heavy (non-hydrogen) atoms. The highest BCUT2D eigenvalue weighted by molar-refractivity contribution is 5.95. The van der Waals surface area contributed by atoms with Gasteiger partial charge in [-0.1, -0.05) is 42.5 Å². The zero-order chi connectivity index (χ0) is 17.6. The van der Waals surface area contributed by atoms with Crippen LogP contribution in [0.4, 0.5) is 0 Å². The van der Waals surface area contributed by atoms with Crippen LogP contribution in [0.15, 0.2) is 60.8 Å². The third-order valence-electron chi connectivity index (χ3n) is 4.16. The second-order valence-electron chi connectivity index (χ2n) is 5.87. The first-order chi connectivity index (χ1) is 12.2. The van der Waals surface area contributed by atoms with Gasteiger partial charge in [0.05, 0.1) is 29.7 Å². The highest BCUT2D eigenvalue weighted by Crippen LogP contribution is 2.13. The number of hydrogen-bond donors (Lipinski definition) is 2. The van der Waals surface area contributed by atoms with E-state index in [9.17, 15) is 4.79 Å². The Morgan fingerprint density at radius 3 is 2.44 bits per heavy atom. The van der Waals surface area contributed by atoms with Crippen molar-refractivity contribution in [2.75, 3.05) is 6.54 Å². The number of aliphatic hydroxyl groups excluding tert-OH is 1. The molecule has 128 valence electrons. The molecule has 0 unspecified atom stereocenters. The van der Waals surface area contributed by atoms with E-state index in [4.69, 9.17) is 5.11 Å². The number of nitrogens with one attached hydrogen (secondary N) is 1. The van der Waals surface area contributed by atoms with Gasteiger partial charge in [0.1, 0.15) is 0 Å². The average Bonchev–Trinajstić information content (AvgIpc) is 3.04. The number of rotatable bonds is 6. The van der Waals surface area contributed by atoms with Crippen molar-refractivity contribution in [2.45, 2.75) is 20.0 Å². The Kier molecular flexibility index (Phi) is 5.26. The molecule has 0 saturated heterocycles. The normalized spacial score (nSPS) is 10.6. The van der Waals surface area contributed by atoms with Crippen molar-refractivity contribution in [1.82, 2.24) is 15.1 Å². The smallest absolute Gasteiger partial charge is 0.254 e. The Morgan fingerprint density at radius 1 is 1.08 bits per heavy atom. The minimum absolute atomic E-state index is 0.0433. The van der Waals surface area contributed by atoms with Crippen LogP contribution in [-0.4, -0.2) is 27.3 Å². The minimum Gasteiger partial charge on any atom is -0.392 e. The van der Waals surface area contributed by atoms with E-state index in [1.807, 2.05) is 61.5 Å². The zero-order valence-corrected chi connectivity index (χ0v) is 14.1. The predicted octanol–water partition coefficient (Wildman–Crippen LogP) is 2.65. The maximum Gasteiger partial charge on any atom is 0.254 e. The van der Waals surface area contributed by atoms with Crippen LogP contribution in [0, 0.1) is 6.92 Å². The molecule has 0 fully saturated rings. The van der Waals surface area contributed by atoms with Gasteiger partial charge in [0.2, 0.25) is 0 Å². The molecule has 5 nitrogen and oxygen atoms in total. The minimum atomic E-state index is -0.119. The van der Waals surface area contributed by atoms with Gasteiger partial charge in [-0.25, -0.2) is 4.68 Å². The van der Waals surface area contributed by atoms with E-state index in [1.165, 1.54) is 0 Å². The van der Waals surface area contributed by atoms with Crippen molar-refractivity contribution in [1.29, 1.82) is 0 Å². The fourth-order valence-electron chi connectivity index (χ4n) is 2.69. The largest absolute Gasteiger partial charge is 0.392 e. The summed E-state index contributed by atoms with van der Waals surface area (Å²) in [5, 5.41) is 16.3. The van der Waals surface area contributed by atoms with Gasteiger partial charge in [-0.05, 0) is 36.6 Å². The van der Waals surface area contributed by atoms with E-state index in [1.54, 1.807) is 10.9 Å². The van der Waals surface area contributed by atoms with Gasteiger partial charge in [-0.2, -0.15) is 5.10 Å². The maximum absolute atomic E-state index is 12.4. The highest BCUT2D eigenvalue weighted by Gasteiger charge is 2.14. The van der Waals surface area contributed by atoms with Crippen LogP contribution in [0.3, 0.4) is 0 Å². The van der Waals surface area contributed by atoms with Gasteiger partial charge in [-0.15, -0.1) is 0 Å². The van der Waals surface area contributed by atoms with Crippen LogP contribution >= 0.6 is 0 Å².